The van der Waals surface area contributed by atoms with Crippen molar-refractivity contribution in [1.29, 1.82) is 0 Å². The maximum atomic E-state index is 5.85. The van der Waals surface area contributed by atoms with E-state index in [1.807, 2.05) is 29.8 Å². The van der Waals surface area contributed by atoms with E-state index < -0.39 is 0 Å². The molecule has 0 aliphatic heterocycles. The van der Waals surface area contributed by atoms with Gasteiger partial charge in [0.15, 0.2) is 5.96 Å². The Morgan fingerprint density at radius 3 is 2.72 bits per heavy atom. The first kappa shape index (κ1) is 18.8. The van der Waals surface area contributed by atoms with Crippen molar-refractivity contribution in [2.75, 3.05) is 33.8 Å². The number of nitrogens with zero attached hydrogens (tertiary/aromatic N) is 5. The average Bonchev–Trinajstić information content (AvgIpc) is 3.13. The first-order valence-corrected chi connectivity index (χ1v) is 8.63. The van der Waals surface area contributed by atoms with Crippen molar-refractivity contribution in [2.24, 2.45) is 4.99 Å². The Balaban J connectivity index is 1.63. The second-order valence-electron chi connectivity index (χ2n) is 5.92. The Morgan fingerprint density at radius 2 is 2.00 bits per heavy atom. The molecule has 136 valence electrons. The second kappa shape index (κ2) is 10.3. The molecule has 1 heterocycles. The third kappa shape index (κ3) is 6.45. The fourth-order valence-corrected chi connectivity index (χ4v) is 2.46. The van der Waals surface area contributed by atoms with Crippen molar-refractivity contribution in [3.8, 4) is 5.75 Å². The first-order chi connectivity index (χ1) is 12.2. The summed E-state index contributed by atoms with van der Waals surface area (Å²) in [5.41, 5.74) is 1.15. The molecular weight excluding hydrogens is 316 g/mol. The van der Waals surface area contributed by atoms with E-state index in [1.165, 1.54) is 0 Å². The van der Waals surface area contributed by atoms with Crippen molar-refractivity contribution in [3.05, 3.63) is 42.5 Å². The second-order valence-corrected chi connectivity index (χ2v) is 5.92. The molecule has 0 radical (unpaired) electrons. The summed E-state index contributed by atoms with van der Waals surface area (Å²) in [6.45, 7) is 5.27. The van der Waals surface area contributed by atoms with Crippen LogP contribution in [-0.4, -0.2) is 59.4 Å². The summed E-state index contributed by atoms with van der Waals surface area (Å²) in [6, 6.07) is 8.06. The molecule has 0 saturated carbocycles. The molecule has 0 saturated heterocycles. The Kier molecular flexibility index (Phi) is 7.75. The van der Waals surface area contributed by atoms with Crippen LogP contribution in [0, 0.1) is 6.92 Å². The summed E-state index contributed by atoms with van der Waals surface area (Å²) in [5.74, 6) is 1.82. The van der Waals surface area contributed by atoms with Crippen molar-refractivity contribution in [3.63, 3.8) is 0 Å². The van der Waals surface area contributed by atoms with Crippen LogP contribution in [-0.2, 0) is 6.54 Å². The number of likely N-dealkylation sites (N-methyl/N-ethyl adjacent to an activating group) is 1. The van der Waals surface area contributed by atoms with Crippen LogP contribution in [0.15, 0.2) is 41.9 Å². The molecule has 0 atom stereocenters. The number of guanidine groups is 1. The van der Waals surface area contributed by atoms with Crippen LogP contribution in [0.1, 0.15) is 18.4 Å². The molecule has 2 aromatic rings. The SMILES string of the molecule is CN=C(NCCCCn1cnnc1)N(C)CCOc1ccccc1C. The van der Waals surface area contributed by atoms with Gasteiger partial charge < -0.3 is 19.5 Å². The normalized spacial score (nSPS) is 11.4. The summed E-state index contributed by atoms with van der Waals surface area (Å²) in [7, 11) is 3.83. The van der Waals surface area contributed by atoms with E-state index in [1.54, 1.807) is 19.7 Å². The average molecular weight is 344 g/mol. The molecule has 1 aromatic carbocycles. The largest absolute Gasteiger partial charge is 0.491 e. The number of rotatable bonds is 9. The lowest BCUT2D eigenvalue weighted by Gasteiger charge is -2.22. The summed E-state index contributed by atoms with van der Waals surface area (Å²) >= 11 is 0. The third-order valence-corrected chi connectivity index (χ3v) is 3.94. The van der Waals surface area contributed by atoms with Gasteiger partial charge in [-0.25, -0.2) is 0 Å². The Morgan fingerprint density at radius 1 is 1.24 bits per heavy atom. The van der Waals surface area contributed by atoms with E-state index >= 15 is 0 Å². The summed E-state index contributed by atoms with van der Waals surface area (Å²) in [4.78, 5) is 6.41. The van der Waals surface area contributed by atoms with Gasteiger partial charge in [-0.15, -0.1) is 10.2 Å². The highest BCUT2D eigenvalue weighted by Crippen LogP contribution is 2.15. The lowest BCUT2D eigenvalue weighted by Crippen LogP contribution is -2.41. The number of aromatic nitrogens is 3. The molecule has 0 bridgehead atoms. The summed E-state index contributed by atoms with van der Waals surface area (Å²) in [6.07, 6.45) is 5.62. The van der Waals surface area contributed by atoms with Crippen LogP contribution < -0.4 is 10.1 Å². The molecule has 1 aromatic heterocycles. The molecular formula is C18H28N6O. The van der Waals surface area contributed by atoms with E-state index in [2.05, 4.69) is 38.4 Å². The molecule has 7 heteroatoms. The molecule has 0 aliphatic rings. The number of hydrogen-bond acceptors (Lipinski definition) is 4. The van der Waals surface area contributed by atoms with Crippen molar-refractivity contribution in [1.82, 2.24) is 25.0 Å². The third-order valence-electron chi connectivity index (χ3n) is 3.94. The highest BCUT2D eigenvalue weighted by Gasteiger charge is 2.06. The number of aliphatic imine (C=N–C) groups is 1. The van der Waals surface area contributed by atoms with E-state index in [4.69, 9.17) is 4.74 Å². The van der Waals surface area contributed by atoms with Gasteiger partial charge in [0.05, 0.1) is 6.54 Å². The van der Waals surface area contributed by atoms with Crippen LogP contribution in [0.2, 0.25) is 0 Å². The zero-order valence-corrected chi connectivity index (χ0v) is 15.4. The van der Waals surface area contributed by atoms with Gasteiger partial charge in [-0.05, 0) is 31.4 Å². The molecule has 1 N–H and O–H groups in total. The zero-order valence-electron chi connectivity index (χ0n) is 15.4. The van der Waals surface area contributed by atoms with E-state index in [0.717, 1.165) is 49.7 Å². The van der Waals surface area contributed by atoms with Crippen LogP contribution in [0.3, 0.4) is 0 Å². The molecule has 0 amide bonds. The highest BCUT2D eigenvalue weighted by molar-refractivity contribution is 5.79. The van der Waals surface area contributed by atoms with Crippen molar-refractivity contribution in [2.45, 2.75) is 26.3 Å². The number of nitrogens with one attached hydrogen (secondary N) is 1. The molecule has 0 fully saturated rings. The van der Waals surface area contributed by atoms with Gasteiger partial charge in [0, 0.05) is 27.2 Å². The topological polar surface area (TPSA) is 67.6 Å². The fourth-order valence-electron chi connectivity index (χ4n) is 2.46. The maximum absolute atomic E-state index is 5.85. The van der Waals surface area contributed by atoms with Gasteiger partial charge in [-0.3, -0.25) is 4.99 Å². The van der Waals surface area contributed by atoms with Crippen LogP contribution >= 0.6 is 0 Å². The van der Waals surface area contributed by atoms with Crippen LogP contribution in [0.25, 0.3) is 0 Å². The van der Waals surface area contributed by atoms with Gasteiger partial charge in [-0.2, -0.15) is 0 Å². The van der Waals surface area contributed by atoms with Crippen LogP contribution in [0.5, 0.6) is 5.75 Å². The lowest BCUT2D eigenvalue weighted by atomic mass is 10.2. The zero-order chi connectivity index (χ0) is 17.9. The van der Waals surface area contributed by atoms with E-state index in [9.17, 15) is 0 Å². The minimum Gasteiger partial charge on any atom is -0.491 e. The minimum atomic E-state index is 0.621. The number of hydrogen-bond donors (Lipinski definition) is 1. The van der Waals surface area contributed by atoms with Gasteiger partial charge in [0.25, 0.3) is 0 Å². The number of unbranched alkanes of at least 4 members (excludes halogenated alkanes) is 1. The smallest absolute Gasteiger partial charge is 0.193 e. The van der Waals surface area contributed by atoms with Gasteiger partial charge in [-0.1, -0.05) is 18.2 Å². The Labute approximate surface area is 149 Å². The number of ether oxygens (including phenoxy) is 1. The molecule has 0 unspecified atom stereocenters. The summed E-state index contributed by atoms with van der Waals surface area (Å²) < 4.78 is 7.84. The van der Waals surface area contributed by atoms with Crippen LogP contribution in [0.4, 0.5) is 0 Å². The molecule has 2 rings (SSSR count). The van der Waals surface area contributed by atoms with Crippen molar-refractivity contribution >= 4 is 5.96 Å². The Hall–Kier alpha value is -2.57. The Bertz CT molecular complexity index is 641. The predicted octanol–water partition coefficient (Wildman–Crippen LogP) is 1.95. The quantitative estimate of drug-likeness (QED) is 0.428. The summed E-state index contributed by atoms with van der Waals surface area (Å²) in [5, 5.41) is 11.0. The molecule has 0 aliphatic carbocycles. The van der Waals surface area contributed by atoms with Gasteiger partial charge >= 0.3 is 0 Å². The molecule has 25 heavy (non-hydrogen) atoms. The van der Waals surface area contributed by atoms with Gasteiger partial charge in [0.1, 0.15) is 25.0 Å². The van der Waals surface area contributed by atoms with E-state index in [-0.39, 0.29) is 0 Å². The van der Waals surface area contributed by atoms with E-state index in [0.29, 0.717) is 6.61 Å². The predicted molar refractivity (Wildman–Crippen MR) is 99.9 cm³/mol. The maximum Gasteiger partial charge on any atom is 0.193 e. The standard InChI is InChI=1S/C18H28N6O/c1-16-8-4-5-9-17(16)25-13-12-23(3)18(19-2)20-10-6-7-11-24-14-21-22-15-24/h4-5,8-9,14-15H,6-7,10-13H2,1-3H3,(H,19,20). The number of para-hydroxylation sites is 1. The van der Waals surface area contributed by atoms with Gasteiger partial charge in [0.2, 0.25) is 0 Å². The number of benzene rings is 1. The number of aryl methyl sites for hydroxylation is 2. The molecule has 7 nitrogen and oxygen atoms in total. The molecule has 0 spiro atoms. The van der Waals surface area contributed by atoms with Crippen molar-refractivity contribution < 1.29 is 4.74 Å². The monoisotopic (exact) mass is 344 g/mol. The minimum absolute atomic E-state index is 0.621. The fraction of sp³-hybridized carbons (Fsp3) is 0.500. The lowest BCUT2D eigenvalue weighted by molar-refractivity contribution is 0.280. The highest BCUT2D eigenvalue weighted by atomic mass is 16.5. The first-order valence-electron chi connectivity index (χ1n) is 8.63.